The first-order valence-electron chi connectivity index (χ1n) is 3.65. The Kier molecular flexibility index (Phi) is 3.07. The molecule has 0 aliphatic carbocycles. The van der Waals surface area contributed by atoms with E-state index in [-0.39, 0.29) is 12.6 Å². The molecule has 1 aromatic rings. The highest BCUT2D eigenvalue weighted by Crippen LogP contribution is 2.18. The van der Waals surface area contributed by atoms with Gasteiger partial charge in [-0.25, -0.2) is 0 Å². The first kappa shape index (κ1) is 9.02. The predicted octanol–water partition coefficient (Wildman–Crippen LogP) is 0.0654. The van der Waals surface area contributed by atoms with Crippen LogP contribution in [0.5, 0.6) is 5.88 Å². The number of nitrogens with zero attached hydrogens (tertiary/aromatic N) is 1. The fourth-order valence-corrected chi connectivity index (χ4v) is 0.824. The highest BCUT2D eigenvalue weighted by atomic mass is 16.5. The number of nitrogens with two attached hydrogens (primary N) is 1. The summed E-state index contributed by atoms with van der Waals surface area (Å²) in [4.78, 5) is 0. The summed E-state index contributed by atoms with van der Waals surface area (Å²) in [7, 11) is 1.50. The van der Waals surface area contributed by atoms with E-state index in [1.165, 1.54) is 7.11 Å². The number of aliphatic hydroxyl groups excluding tert-OH is 1. The van der Waals surface area contributed by atoms with Crippen LogP contribution in [-0.4, -0.2) is 24.0 Å². The second-order valence-corrected chi connectivity index (χ2v) is 2.39. The normalized spacial score (nSPS) is 12.9. The third kappa shape index (κ3) is 1.96. The molecule has 0 bridgehead atoms. The number of aromatic nitrogens is 1. The van der Waals surface area contributed by atoms with Crippen molar-refractivity contribution in [3.63, 3.8) is 0 Å². The van der Waals surface area contributed by atoms with Gasteiger partial charge >= 0.3 is 0 Å². The highest BCUT2D eigenvalue weighted by molar-refractivity contribution is 5.13. The van der Waals surface area contributed by atoms with Gasteiger partial charge in [0.1, 0.15) is 0 Å². The minimum absolute atomic E-state index is 0.0319. The molecule has 5 nitrogen and oxygen atoms in total. The molecule has 0 aliphatic heterocycles. The number of rotatable bonds is 4. The molecule has 0 aliphatic rings. The van der Waals surface area contributed by atoms with Crippen LogP contribution in [0.25, 0.3) is 0 Å². The van der Waals surface area contributed by atoms with Gasteiger partial charge in [-0.1, -0.05) is 0 Å². The lowest BCUT2D eigenvalue weighted by molar-refractivity contribution is 0.259. The smallest absolute Gasteiger partial charge is 0.254 e. The zero-order valence-corrected chi connectivity index (χ0v) is 6.86. The van der Waals surface area contributed by atoms with Crippen molar-refractivity contribution in [2.45, 2.75) is 12.5 Å². The van der Waals surface area contributed by atoms with Gasteiger partial charge in [0.25, 0.3) is 5.88 Å². The predicted molar refractivity (Wildman–Crippen MR) is 41.7 cm³/mol. The van der Waals surface area contributed by atoms with Gasteiger partial charge in [0, 0.05) is 12.7 Å². The fraction of sp³-hybridized carbons (Fsp3) is 0.571. The van der Waals surface area contributed by atoms with Crippen LogP contribution in [0, 0.1) is 0 Å². The molecule has 0 spiro atoms. The zero-order chi connectivity index (χ0) is 8.97. The standard InChI is InChI=1S/C7H12N2O3/c1-11-7-4-6(12-9-7)5(8)2-3-10/h4-5,10H,2-3,8H2,1H3. The third-order valence-corrected chi connectivity index (χ3v) is 1.52. The highest BCUT2D eigenvalue weighted by Gasteiger charge is 2.11. The first-order valence-corrected chi connectivity index (χ1v) is 3.65. The Hall–Kier alpha value is -1.07. The van der Waals surface area contributed by atoms with E-state index in [1.54, 1.807) is 6.07 Å². The molecule has 0 fully saturated rings. The topological polar surface area (TPSA) is 81.5 Å². The van der Waals surface area contributed by atoms with E-state index >= 15 is 0 Å². The Labute approximate surface area is 70.1 Å². The molecule has 5 heteroatoms. The molecular weight excluding hydrogens is 160 g/mol. The molecule has 0 saturated carbocycles. The minimum Gasteiger partial charge on any atom is -0.479 e. The van der Waals surface area contributed by atoms with Crippen LogP contribution in [0.4, 0.5) is 0 Å². The molecule has 1 rings (SSSR count). The van der Waals surface area contributed by atoms with E-state index in [1.807, 2.05) is 0 Å². The van der Waals surface area contributed by atoms with Crippen molar-refractivity contribution >= 4 is 0 Å². The van der Waals surface area contributed by atoms with Crippen molar-refractivity contribution < 1.29 is 14.4 Å². The number of ether oxygens (including phenoxy) is 1. The lowest BCUT2D eigenvalue weighted by Gasteiger charge is -2.02. The average Bonchev–Trinajstić information content (AvgIpc) is 2.52. The fourth-order valence-electron chi connectivity index (χ4n) is 0.824. The summed E-state index contributed by atoms with van der Waals surface area (Å²) in [6.45, 7) is 0.0319. The Morgan fingerprint density at radius 3 is 3.08 bits per heavy atom. The van der Waals surface area contributed by atoms with Crippen molar-refractivity contribution in [1.82, 2.24) is 5.16 Å². The van der Waals surface area contributed by atoms with Gasteiger partial charge in [0.15, 0.2) is 5.76 Å². The van der Waals surface area contributed by atoms with Crippen molar-refractivity contribution in [2.24, 2.45) is 5.73 Å². The van der Waals surface area contributed by atoms with Crippen LogP contribution in [0.1, 0.15) is 18.2 Å². The maximum atomic E-state index is 8.59. The monoisotopic (exact) mass is 172 g/mol. The molecule has 3 N–H and O–H groups in total. The number of hydrogen-bond donors (Lipinski definition) is 2. The Morgan fingerprint density at radius 2 is 2.58 bits per heavy atom. The largest absolute Gasteiger partial charge is 0.479 e. The summed E-state index contributed by atoms with van der Waals surface area (Å²) < 4.78 is 9.66. The summed E-state index contributed by atoms with van der Waals surface area (Å²) in [5.41, 5.74) is 5.62. The second kappa shape index (κ2) is 4.08. The van der Waals surface area contributed by atoms with E-state index in [0.29, 0.717) is 18.1 Å². The van der Waals surface area contributed by atoms with Crippen LogP contribution in [0.2, 0.25) is 0 Å². The minimum atomic E-state index is -0.314. The van der Waals surface area contributed by atoms with E-state index in [0.717, 1.165) is 0 Å². The third-order valence-electron chi connectivity index (χ3n) is 1.52. The summed E-state index contributed by atoms with van der Waals surface area (Å²) in [6.07, 6.45) is 0.457. The quantitative estimate of drug-likeness (QED) is 0.671. The lowest BCUT2D eigenvalue weighted by Crippen LogP contribution is -2.10. The Morgan fingerprint density at radius 1 is 1.83 bits per heavy atom. The van der Waals surface area contributed by atoms with Gasteiger partial charge in [-0.15, -0.1) is 0 Å². The molecule has 0 amide bonds. The van der Waals surface area contributed by atoms with Crippen LogP contribution in [-0.2, 0) is 0 Å². The van der Waals surface area contributed by atoms with Crippen LogP contribution in [0.15, 0.2) is 10.6 Å². The van der Waals surface area contributed by atoms with Crippen molar-refractivity contribution in [1.29, 1.82) is 0 Å². The summed E-state index contributed by atoms with van der Waals surface area (Å²) in [6, 6.07) is 1.30. The molecular formula is C7H12N2O3. The van der Waals surface area contributed by atoms with Gasteiger partial charge in [-0.05, 0) is 11.6 Å². The van der Waals surface area contributed by atoms with E-state index in [2.05, 4.69) is 5.16 Å². The van der Waals surface area contributed by atoms with Crippen molar-refractivity contribution in [3.8, 4) is 5.88 Å². The lowest BCUT2D eigenvalue weighted by atomic mass is 10.2. The molecule has 1 unspecified atom stereocenters. The molecule has 0 saturated heterocycles. The summed E-state index contributed by atoms with van der Waals surface area (Å²) in [5, 5.41) is 12.2. The molecule has 12 heavy (non-hydrogen) atoms. The first-order chi connectivity index (χ1) is 5.77. The van der Waals surface area contributed by atoms with Gasteiger partial charge < -0.3 is 20.1 Å². The Balaban J connectivity index is 2.61. The van der Waals surface area contributed by atoms with E-state index < -0.39 is 0 Å². The van der Waals surface area contributed by atoms with Gasteiger partial charge in [0.2, 0.25) is 0 Å². The van der Waals surface area contributed by atoms with Crippen LogP contribution in [0.3, 0.4) is 0 Å². The molecule has 1 aromatic heterocycles. The molecule has 1 heterocycles. The van der Waals surface area contributed by atoms with Crippen LogP contribution < -0.4 is 10.5 Å². The average molecular weight is 172 g/mol. The molecule has 0 aromatic carbocycles. The zero-order valence-electron chi connectivity index (χ0n) is 6.86. The maximum Gasteiger partial charge on any atom is 0.254 e. The van der Waals surface area contributed by atoms with Crippen LogP contribution >= 0.6 is 0 Å². The van der Waals surface area contributed by atoms with Gasteiger partial charge in [-0.2, -0.15) is 0 Å². The SMILES string of the molecule is COc1cc(C(N)CCO)on1. The van der Waals surface area contributed by atoms with E-state index in [4.69, 9.17) is 20.1 Å². The maximum absolute atomic E-state index is 8.59. The number of hydrogen-bond acceptors (Lipinski definition) is 5. The van der Waals surface area contributed by atoms with Crippen molar-refractivity contribution in [3.05, 3.63) is 11.8 Å². The van der Waals surface area contributed by atoms with Gasteiger partial charge in [0.05, 0.1) is 13.2 Å². The summed E-state index contributed by atoms with van der Waals surface area (Å²) in [5.74, 6) is 0.930. The second-order valence-electron chi connectivity index (χ2n) is 2.39. The number of methoxy groups -OCH3 is 1. The molecule has 68 valence electrons. The molecule has 1 atom stereocenters. The van der Waals surface area contributed by atoms with Gasteiger partial charge in [-0.3, -0.25) is 0 Å². The number of aliphatic hydroxyl groups is 1. The molecule has 0 radical (unpaired) electrons. The van der Waals surface area contributed by atoms with E-state index in [9.17, 15) is 0 Å². The van der Waals surface area contributed by atoms with Crippen molar-refractivity contribution in [2.75, 3.05) is 13.7 Å². The Bertz CT molecular complexity index is 236. The summed E-state index contributed by atoms with van der Waals surface area (Å²) >= 11 is 0.